The fourth-order valence-corrected chi connectivity index (χ4v) is 2.86. The maximum atomic E-state index is 12.7. The summed E-state index contributed by atoms with van der Waals surface area (Å²) in [6, 6.07) is 5.56. The van der Waals surface area contributed by atoms with E-state index >= 15 is 0 Å². The molecule has 0 spiro atoms. The van der Waals surface area contributed by atoms with Crippen LogP contribution >= 0.6 is 0 Å². The van der Waals surface area contributed by atoms with E-state index in [-0.39, 0.29) is 11.8 Å². The van der Waals surface area contributed by atoms with Crippen molar-refractivity contribution in [3.05, 3.63) is 29.3 Å². The first-order valence-corrected chi connectivity index (χ1v) is 8.28. The van der Waals surface area contributed by atoms with Gasteiger partial charge in [0.15, 0.2) is 0 Å². The second-order valence-electron chi connectivity index (χ2n) is 6.86. The van der Waals surface area contributed by atoms with E-state index in [1.807, 2.05) is 30.0 Å². The topological polar surface area (TPSA) is 75.8 Å². The molecule has 0 radical (unpaired) electrons. The zero-order chi connectivity index (χ0) is 17.0. The highest BCUT2D eigenvalue weighted by Crippen LogP contribution is 2.29. The second-order valence-corrected chi connectivity index (χ2v) is 6.86. The quantitative estimate of drug-likeness (QED) is 0.786. The van der Waals surface area contributed by atoms with Crippen molar-refractivity contribution in [2.75, 3.05) is 26.2 Å². The summed E-state index contributed by atoms with van der Waals surface area (Å²) in [7, 11) is 0. The minimum Gasteiger partial charge on any atom is -0.493 e. The minimum atomic E-state index is -0.751. The summed E-state index contributed by atoms with van der Waals surface area (Å²) in [5, 5.41) is 10.1. The van der Waals surface area contributed by atoms with Crippen LogP contribution in [0.25, 0.3) is 0 Å². The molecule has 1 aliphatic rings. The van der Waals surface area contributed by atoms with Gasteiger partial charge in [-0.15, -0.1) is 0 Å². The standard InChI is InChI=1S/C18H28N2O3/c1-13-5-6-14(11-16(13)23-10-4-8-19)17(21)20-9-7-15(12-20)18(2,3)22/h5-6,11,15,22H,4,7-10,12,19H2,1-3H3. The molecular weight excluding hydrogens is 292 g/mol. The van der Waals surface area contributed by atoms with E-state index in [0.717, 1.165) is 24.2 Å². The number of nitrogens with two attached hydrogens (primary N) is 1. The molecule has 5 heteroatoms. The van der Waals surface area contributed by atoms with Crippen LogP contribution in [0, 0.1) is 12.8 Å². The van der Waals surface area contributed by atoms with E-state index in [0.29, 0.717) is 31.8 Å². The van der Waals surface area contributed by atoms with Gasteiger partial charge in [0.1, 0.15) is 5.75 Å². The first-order chi connectivity index (χ1) is 10.8. The average Bonchev–Trinajstić information content (AvgIpc) is 2.98. The third-order valence-electron chi connectivity index (χ3n) is 4.52. The first-order valence-electron chi connectivity index (χ1n) is 8.28. The first kappa shape index (κ1) is 17.8. The van der Waals surface area contributed by atoms with E-state index < -0.39 is 5.60 Å². The lowest BCUT2D eigenvalue weighted by Gasteiger charge is -2.25. The van der Waals surface area contributed by atoms with Crippen molar-refractivity contribution in [3.8, 4) is 5.75 Å². The Morgan fingerprint density at radius 3 is 2.83 bits per heavy atom. The molecule has 1 aromatic rings. The van der Waals surface area contributed by atoms with Crippen LogP contribution in [0.15, 0.2) is 18.2 Å². The van der Waals surface area contributed by atoms with Gasteiger partial charge in [-0.3, -0.25) is 4.79 Å². The molecule has 1 aliphatic heterocycles. The summed E-state index contributed by atoms with van der Waals surface area (Å²) in [6.07, 6.45) is 1.62. The molecular formula is C18H28N2O3. The zero-order valence-electron chi connectivity index (χ0n) is 14.3. The smallest absolute Gasteiger partial charge is 0.253 e. The fraction of sp³-hybridized carbons (Fsp3) is 0.611. The van der Waals surface area contributed by atoms with Crippen molar-refractivity contribution in [1.82, 2.24) is 4.90 Å². The highest BCUT2D eigenvalue weighted by atomic mass is 16.5. The van der Waals surface area contributed by atoms with Gasteiger partial charge in [0.25, 0.3) is 5.91 Å². The van der Waals surface area contributed by atoms with Gasteiger partial charge in [0.05, 0.1) is 12.2 Å². The third-order valence-corrected chi connectivity index (χ3v) is 4.52. The van der Waals surface area contributed by atoms with Gasteiger partial charge < -0.3 is 20.5 Å². The third kappa shape index (κ3) is 4.45. The van der Waals surface area contributed by atoms with Crippen LogP contribution in [0.2, 0.25) is 0 Å². The van der Waals surface area contributed by atoms with Gasteiger partial charge in [-0.05, 0) is 57.9 Å². The van der Waals surface area contributed by atoms with Gasteiger partial charge in [-0.2, -0.15) is 0 Å². The number of likely N-dealkylation sites (tertiary alicyclic amines) is 1. The summed E-state index contributed by atoms with van der Waals surface area (Å²) < 4.78 is 5.72. The number of amides is 1. The van der Waals surface area contributed by atoms with Crippen LogP contribution in [0.3, 0.4) is 0 Å². The van der Waals surface area contributed by atoms with Crippen molar-refractivity contribution in [2.45, 2.75) is 39.2 Å². The minimum absolute atomic E-state index is 0.000393. The number of hydrogen-bond donors (Lipinski definition) is 2. The summed E-state index contributed by atoms with van der Waals surface area (Å²) in [5.41, 5.74) is 6.37. The number of aryl methyl sites for hydroxylation is 1. The Labute approximate surface area is 138 Å². The van der Waals surface area contributed by atoms with E-state index in [4.69, 9.17) is 10.5 Å². The Bertz CT molecular complexity index is 552. The molecule has 1 unspecified atom stereocenters. The Kier molecular flexibility index (Phi) is 5.65. The molecule has 1 atom stereocenters. The molecule has 1 heterocycles. The number of hydrogen-bond acceptors (Lipinski definition) is 4. The van der Waals surface area contributed by atoms with Gasteiger partial charge in [0.2, 0.25) is 0 Å². The predicted molar refractivity (Wildman–Crippen MR) is 90.7 cm³/mol. The van der Waals surface area contributed by atoms with Crippen LogP contribution in [0.5, 0.6) is 5.75 Å². The number of rotatable bonds is 6. The zero-order valence-corrected chi connectivity index (χ0v) is 14.3. The van der Waals surface area contributed by atoms with E-state index in [2.05, 4.69) is 0 Å². The number of nitrogens with zero attached hydrogens (tertiary/aromatic N) is 1. The molecule has 1 amide bonds. The van der Waals surface area contributed by atoms with Crippen LogP contribution in [0.4, 0.5) is 0 Å². The number of aliphatic hydroxyl groups is 1. The van der Waals surface area contributed by atoms with E-state index in [1.165, 1.54) is 0 Å². The molecule has 1 saturated heterocycles. The second kappa shape index (κ2) is 7.32. The molecule has 0 aliphatic carbocycles. The molecule has 2 rings (SSSR count). The molecule has 0 saturated carbocycles. The Morgan fingerprint density at radius 2 is 2.22 bits per heavy atom. The predicted octanol–water partition coefficient (Wildman–Crippen LogP) is 1.96. The summed E-state index contributed by atoms with van der Waals surface area (Å²) >= 11 is 0. The Balaban J connectivity index is 2.06. The SMILES string of the molecule is Cc1ccc(C(=O)N2CCC(C(C)(C)O)C2)cc1OCCCN. The van der Waals surface area contributed by atoms with Crippen molar-refractivity contribution in [3.63, 3.8) is 0 Å². The number of carbonyl (C=O) groups is 1. The lowest BCUT2D eigenvalue weighted by molar-refractivity contribution is 0.0211. The van der Waals surface area contributed by atoms with Crippen molar-refractivity contribution >= 4 is 5.91 Å². The molecule has 0 aromatic heterocycles. The molecule has 1 aromatic carbocycles. The number of benzene rings is 1. The van der Waals surface area contributed by atoms with E-state index in [9.17, 15) is 9.90 Å². The van der Waals surface area contributed by atoms with Gasteiger partial charge in [0, 0.05) is 24.6 Å². The van der Waals surface area contributed by atoms with Gasteiger partial charge in [-0.1, -0.05) is 6.07 Å². The molecule has 1 fully saturated rings. The van der Waals surface area contributed by atoms with E-state index in [1.54, 1.807) is 13.8 Å². The van der Waals surface area contributed by atoms with Gasteiger partial charge >= 0.3 is 0 Å². The Morgan fingerprint density at radius 1 is 1.48 bits per heavy atom. The largest absolute Gasteiger partial charge is 0.493 e. The molecule has 0 bridgehead atoms. The van der Waals surface area contributed by atoms with Crippen LogP contribution in [0.1, 0.15) is 42.6 Å². The monoisotopic (exact) mass is 320 g/mol. The van der Waals surface area contributed by atoms with Crippen molar-refractivity contribution in [1.29, 1.82) is 0 Å². The van der Waals surface area contributed by atoms with Crippen LogP contribution < -0.4 is 10.5 Å². The average molecular weight is 320 g/mol. The molecule has 128 valence electrons. The summed E-state index contributed by atoms with van der Waals surface area (Å²) in [6.45, 7) is 8.00. The number of ether oxygens (including phenoxy) is 1. The molecule has 23 heavy (non-hydrogen) atoms. The maximum absolute atomic E-state index is 12.7. The fourth-order valence-electron chi connectivity index (χ4n) is 2.86. The van der Waals surface area contributed by atoms with Crippen molar-refractivity contribution < 1.29 is 14.6 Å². The Hall–Kier alpha value is -1.59. The molecule has 5 nitrogen and oxygen atoms in total. The lowest BCUT2D eigenvalue weighted by Crippen LogP contribution is -2.35. The van der Waals surface area contributed by atoms with Crippen LogP contribution in [-0.4, -0.2) is 47.8 Å². The van der Waals surface area contributed by atoms with Crippen molar-refractivity contribution in [2.24, 2.45) is 11.7 Å². The molecule has 3 N–H and O–H groups in total. The summed E-state index contributed by atoms with van der Waals surface area (Å²) in [5.74, 6) is 0.861. The lowest BCUT2D eigenvalue weighted by atomic mass is 9.90. The maximum Gasteiger partial charge on any atom is 0.253 e. The normalized spacial score (nSPS) is 18.3. The summed E-state index contributed by atoms with van der Waals surface area (Å²) in [4.78, 5) is 14.5. The number of carbonyl (C=O) groups excluding carboxylic acids is 1. The van der Waals surface area contributed by atoms with Gasteiger partial charge in [-0.25, -0.2) is 0 Å². The highest BCUT2D eigenvalue weighted by Gasteiger charge is 2.35. The highest BCUT2D eigenvalue weighted by molar-refractivity contribution is 5.95. The van der Waals surface area contributed by atoms with Crippen LogP contribution in [-0.2, 0) is 0 Å².